The third kappa shape index (κ3) is 4.47. The highest BCUT2D eigenvalue weighted by Crippen LogP contribution is 2.29. The number of nitrogens with zero attached hydrogens (tertiary/aromatic N) is 3. The average molecular weight is 424 g/mol. The van der Waals surface area contributed by atoms with E-state index in [1.54, 1.807) is 28.3 Å². The van der Waals surface area contributed by atoms with E-state index in [1.165, 1.54) is 11.8 Å². The summed E-state index contributed by atoms with van der Waals surface area (Å²) < 4.78 is 3.71. The third-order valence-corrected chi connectivity index (χ3v) is 6.32. The Balaban J connectivity index is 1.39. The first kappa shape index (κ1) is 19.2. The second-order valence-corrected chi connectivity index (χ2v) is 8.48. The molecule has 29 heavy (non-hydrogen) atoms. The maximum absolute atomic E-state index is 12.1. The number of nitrogens with one attached hydrogen (secondary N) is 1. The molecule has 7 nitrogen and oxygen atoms in total. The molecule has 9 heteroatoms. The molecule has 0 atom stereocenters. The number of amides is 2. The van der Waals surface area contributed by atoms with Crippen LogP contribution in [0.3, 0.4) is 0 Å². The number of primary amides is 1. The van der Waals surface area contributed by atoms with E-state index in [9.17, 15) is 9.59 Å². The second-order valence-electron chi connectivity index (χ2n) is 6.23. The van der Waals surface area contributed by atoms with Crippen molar-refractivity contribution >= 4 is 62.2 Å². The average Bonchev–Trinajstić information content (AvgIpc) is 3.28. The van der Waals surface area contributed by atoms with Crippen LogP contribution < -0.4 is 11.2 Å². The Hall–Kier alpha value is -3.17. The summed E-state index contributed by atoms with van der Waals surface area (Å²) in [6, 6.07) is 15.5. The zero-order valence-corrected chi connectivity index (χ0v) is 16.9. The first-order valence-electron chi connectivity index (χ1n) is 8.76. The lowest BCUT2D eigenvalue weighted by molar-refractivity contribution is -0.119. The van der Waals surface area contributed by atoms with Gasteiger partial charge in [-0.25, -0.2) is 10.4 Å². The van der Waals surface area contributed by atoms with Gasteiger partial charge in [0.15, 0.2) is 4.34 Å². The van der Waals surface area contributed by atoms with Crippen molar-refractivity contribution in [1.82, 2.24) is 15.0 Å². The van der Waals surface area contributed by atoms with Crippen LogP contribution in [0.2, 0.25) is 0 Å². The van der Waals surface area contributed by atoms with Crippen LogP contribution in [-0.4, -0.2) is 33.3 Å². The molecule has 0 bridgehead atoms. The molecule has 0 aliphatic rings. The molecule has 4 aromatic rings. The van der Waals surface area contributed by atoms with Crippen molar-refractivity contribution in [1.29, 1.82) is 0 Å². The fraction of sp³-hybridized carbons (Fsp3) is 0.100. The van der Waals surface area contributed by atoms with Gasteiger partial charge in [0.05, 0.1) is 22.2 Å². The highest BCUT2D eigenvalue weighted by molar-refractivity contribution is 8.01. The number of para-hydroxylation sites is 2. The lowest BCUT2D eigenvalue weighted by atomic mass is 10.2. The SMILES string of the molecule is NC(=O)Cn1cc(C=NNC(=O)CSc2nc3ccccc3s2)c2ccccc21. The standard InChI is InChI=1S/C20H17N5O2S2/c21-18(26)11-25-10-13(14-5-1-3-7-16(14)25)9-22-24-19(27)12-28-20-23-15-6-2-4-8-17(15)29-20/h1-10H,11-12H2,(H2,21,26)(H,24,27). The zero-order chi connectivity index (χ0) is 20.2. The number of hydrogen-bond acceptors (Lipinski definition) is 6. The van der Waals surface area contributed by atoms with Crippen molar-refractivity contribution in [3.63, 3.8) is 0 Å². The molecule has 3 N–H and O–H groups in total. The molecule has 2 heterocycles. The fourth-order valence-electron chi connectivity index (χ4n) is 2.92. The van der Waals surface area contributed by atoms with Crippen molar-refractivity contribution in [3.05, 3.63) is 60.3 Å². The molecule has 0 unspecified atom stereocenters. The third-order valence-electron chi connectivity index (χ3n) is 4.14. The summed E-state index contributed by atoms with van der Waals surface area (Å²) in [7, 11) is 0. The van der Waals surface area contributed by atoms with Gasteiger partial charge >= 0.3 is 0 Å². The number of carbonyl (C=O) groups excluding carboxylic acids is 2. The summed E-state index contributed by atoms with van der Waals surface area (Å²) in [5.41, 5.74) is 10.5. The van der Waals surface area contributed by atoms with Gasteiger partial charge in [0.1, 0.15) is 6.54 Å². The molecule has 0 spiro atoms. The molecule has 0 radical (unpaired) electrons. The van der Waals surface area contributed by atoms with Crippen LogP contribution in [0, 0.1) is 0 Å². The predicted octanol–water partition coefficient (Wildman–Crippen LogP) is 2.98. The van der Waals surface area contributed by atoms with E-state index in [1.807, 2.05) is 48.5 Å². The fourth-order valence-corrected chi connectivity index (χ4v) is 4.78. The number of hydrazone groups is 1. The highest BCUT2D eigenvalue weighted by Gasteiger charge is 2.09. The van der Waals surface area contributed by atoms with Crippen LogP contribution in [0.5, 0.6) is 0 Å². The van der Waals surface area contributed by atoms with Crippen molar-refractivity contribution in [2.45, 2.75) is 10.9 Å². The number of hydrogen-bond donors (Lipinski definition) is 2. The molecule has 4 rings (SSSR count). The minimum atomic E-state index is -0.422. The summed E-state index contributed by atoms with van der Waals surface area (Å²) in [4.78, 5) is 27.9. The van der Waals surface area contributed by atoms with Crippen molar-refractivity contribution in [2.75, 3.05) is 5.75 Å². The second kappa shape index (κ2) is 8.46. The van der Waals surface area contributed by atoms with Gasteiger partial charge in [0.25, 0.3) is 5.91 Å². The molecular weight excluding hydrogens is 406 g/mol. The van der Waals surface area contributed by atoms with Crippen molar-refractivity contribution in [3.8, 4) is 0 Å². The van der Waals surface area contributed by atoms with Gasteiger partial charge in [-0.05, 0) is 18.2 Å². The normalized spacial score (nSPS) is 11.4. The van der Waals surface area contributed by atoms with E-state index in [4.69, 9.17) is 5.73 Å². The summed E-state index contributed by atoms with van der Waals surface area (Å²) >= 11 is 2.94. The van der Waals surface area contributed by atoms with Gasteiger partial charge in [-0.2, -0.15) is 5.10 Å². The molecule has 0 saturated heterocycles. The maximum atomic E-state index is 12.1. The number of fused-ring (bicyclic) bond motifs is 2. The van der Waals surface area contributed by atoms with Gasteiger partial charge in [-0.3, -0.25) is 9.59 Å². The number of rotatable bonds is 7. The quantitative estimate of drug-likeness (QED) is 0.271. The Morgan fingerprint density at radius 3 is 2.83 bits per heavy atom. The number of thioether (sulfide) groups is 1. The summed E-state index contributed by atoms with van der Waals surface area (Å²) in [6.45, 7) is 0.0829. The molecule has 2 aromatic carbocycles. The number of benzene rings is 2. The highest BCUT2D eigenvalue weighted by atomic mass is 32.2. The number of aromatic nitrogens is 2. The Labute approximate surface area is 174 Å². The topological polar surface area (TPSA) is 102 Å². The molecule has 0 fully saturated rings. The van der Waals surface area contributed by atoms with Gasteiger partial charge in [0, 0.05) is 22.7 Å². The Kier molecular flexibility index (Phi) is 5.59. The molecule has 0 aliphatic heterocycles. The Bertz CT molecular complexity index is 1200. The van der Waals surface area contributed by atoms with Crippen LogP contribution in [-0.2, 0) is 16.1 Å². The first-order valence-corrected chi connectivity index (χ1v) is 10.6. The lowest BCUT2D eigenvalue weighted by Gasteiger charge is -2.00. The Morgan fingerprint density at radius 1 is 1.21 bits per heavy atom. The monoisotopic (exact) mass is 423 g/mol. The minimum absolute atomic E-state index is 0.0829. The smallest absolute Gasteiger partial charge is 0.250 e. The summed E-state index contributed by atoms with van der Waals surface area (Å²) in [5, 5.41) is 4.98. The van der Waals surface area contributed by atoms with Gasteiger partial charge in [0.2, 0.25) is 5.91 Å². The van der Waals surface area contributed by atoms with E-state index in [0.717, 1.165) is 31.0 Å². The number of nitrogens with two attached hydrogens (primary N) is 1. The van der Waals surface area contributed by atoms with E-state index in [0.29, 0.717) is 0 Å². The van der Waals surface area contributed by atoms with Crippen molar-refractivity contribution in [2.24, 2.45) is 10.8 Å². The van der Waals surface area contributed by atoms with E-state index in [-0.39, 0.29) is 18.2 Å². The summed E-state index contributed by atoms with van der Waals surface area (Å²) in [6.07, 6.45) is 3.36. The minimum Gasteiger partial charge on any atom is -0.368 e. The largest absolute Gasteiger partial charge is 0.368 e. The van der Waals surface area contributed by atoms with E-state index >= 15 is 0 Å². The van der Waals surface area contributed by atoms with Gasteiger partial charge < -0.3 is 10.3 Å². The summed E-state index contributed by atoms with van der Waals surface area (Å²) in [5.74, 6) is -0.415. The Morgan fingerprint density at radius 2 is 2.00 bits per heavy atom. The molecular formula is C20H17N5O2S2. The first-order chi connectivity index (χ1) is 14.1. The molecule has 2 amide bonds. The lowest BCUT2D eigenvalue weighted by Crippen LogP contribution is -2.19. The van der Waals surface area contributed by atoms with Gasteiger partial charge in [-0.1, -0.05) is 42.1 Å². The molecule has 2 aromatic heterocycles. The zero-order valence-electron chi connectivity index (χ0n) is 15.2. The molecule has 0 aliphatic carbocycles. The van der Waals surface area contributed by atoms with Crippen LogP contribution >= 0.6 is 23.1 Å². The molecule has 0 saturated carbocycles. The van der Waals surface area contributed by atoms with Crippen molar-refractivity contribution < 1.29 is 9.59 Å². The maximum Gasteiger partial charge on any atom is 0.250 e. The van der Waals surface area contributed by atoms with E-state index in [2.05, 4.69) is 15.5 Å². The van der Waals surface area contributed by atoms with Crippen LogP contribution in [0.15, 0.2) is 64.2 Å². The number of thiazole rings is 1. The predicted molar refractivity (Wildman–Crippen MR) is 117 cm³/mol. The number of carbonyl (C=O) groups is 2. The van der Waals surface area contributed by atoms with E-state index < -0.39 is 5.91 Å². The van der Waals surface area contributed by atoms with Crippen LogP contribution in [0.4, 0.5) is 0 Å². The molecule has 146 valence electrons. The van der Waals surface area contributed by atoms with Gasteiger partial charge in [-0.15, -0.1) is 11.3 Å². The van der Waals surface area contributed by atoms with Crippen LogP contribution in [0.25, 0.3) is 21.1 Å². The van der Waals surface area contributed by atoms with Crippen LogP contribution in [0.1, 0.15) is 5.56 Å².